The molecule has 0 radical (unpaired) electrons. The summed E-state index contributed by atoms with van der Waals surface area (Å²) in [5.74, 6) is 0. The highest BCUT2D eigenvalue weighted by atomic mass is 16.6. The van der Waals surface area contributed by atoms with Gasteiger partial charge in [0.1, 0.15) is 6.61 Å². The van der Waals surface area contributed by atoms with Gasteiger partial charge >= 0.3 is 6.09 Å². The van der Waals surface area contributed by atoms with Crippen molar-refractivity contribution in [1.29, 1.82) is 0 Å². The zero-order valence-electron chi connectivity index (χ0n) is 7.55. The molecule has 0 aromatic heterocycles. The van der Waals surface area contributed by atoms with Crippen molar-refractivity contribution in [3.05, 3.63) is 0 Å². The summed E-state index contributed by atoms with van der Waals surface area (Å²) in [7, 11) is 1.78. The molecule has 0 saturated carbocycles. The number of carbonyl (C=O) groups is 1. The quantitative estimate of drug-likeness (QED) is 0.533. The third-order valence-electron chi connectivity index (χ3n) is 2.12. The maximum absolute atomic E-state index is 10.9. The van der Waals surface area contributed by atoms with Gasteiger partial charge < -0.3 is 9.64 Å². The van der Waals surface area contributed by atoms with Crippen molar-refractivity contribution in [1.82, 2.24) is 4.90 Å². The largest absolute Gasteiger partial charge is 0.447 e. The molecule has 0 aromatic carbocycles. The predicted molar refractivity (Wildman–Crippen MR) is 42.4 cm³/mol. The molecule has 1 aliphatic heterocycles. The minimum atomic E-state index is -0.204. The van der Waals surface area contributed by atoms with Gasteiger partial charge in [-0.2, -0.15) is 0 Å². The monoisotopic (exact) mass is 157 g/mol. The highest BCUT2D eigenvalue weighted by Crippen LogP contribution is 2.27. The van der Waals surface area contributed by atoms with Crippen LogP contribution in [0.2, 0.25) is 0 Å². The van der Waals surface area contributed by atoms with Crippen LogP contribution < -0.4 is 0 Å². The molecule has 3 heteroatoms. The second-order valence-electron chi connectivity index (χ2n) is 4.07. The van der Waals surface area contributed by atoms with E-state index in [0.717, 1.165) is 0 Å². The van der Waals surface area contributed by atoms with E-state index in [4.69, 9.17) is 4.74 Å². The van der Waals surface area contributed by atoms with Gasteiger partial charge in [0.2, 0.25) is 0 Å². The molecule has 0 aromatic rings. The van der Waals surface area contributed by atoms with Gasteiger partial charge in [-0.25, -0.2) is 4.79 Å². The van der Waals surface area contributed by atoms with Crippen molar-refractivity contribution < 1.29 is 9.53 Å². The van der Waals surface area contributed by atoms with Crippen LogP contribution in [0.5, 0.6) is 0 Å². The number of rotatable bonds is 0. The van der Waals surface area contributed by atoms with Gasteiger partial charge in [0, 0.05) is 7.05 Å². The average molecular weight is 157 g/mol. The fraction of sp³-hybridized carbons (Fsp3) is 0.875. The van der Waals surface area contributed by atoms with Gasteiger partial charge in [-0.1, -0.05) is 20.8 Å². The van der Waals surface area contributed by atoms with Crippen LogP contribution in [0.25, 0.3) is 0 Å². The maximum atomic E-state index is 10.9. The van der Waals surface area contributed by atoms with Crippen LogP contribution in [0.1, 0.15) is 20.8 Å². The molecule has 11 heavy (non-hydrogen) atoms. The van der Waals surface area contributed by atoms with Crippen molar-refractivity contribution in [3.8, 4) is 0 Å². The van der Waals surface area contributed by atoms with Crippen LogP contribution >= 0.6 is 0 Å². The number of cyclic esters (lactones) is 1. The van der Waals surface area contributed by atoms with Gasteiger partial charge in [0.15, 0.2) is 0 Å². The highest BCUT2D eigenvalue weighted by Gasteiger charge is 2.37. The molecule has 0 spiro atoms. The maximum Gasteiger partial charge on any atom is 0.409 e. The van der Waals surface area contributed by atoms with Crippen molar-refractivity contribution in [2.24, 2.45) is 5.41 Å². The summed E-state index contributed by atoms with van der Waals surface area (Å²) in [5, 5.41) is 0. The van der Waals surface area contributed by atoms with Gasteiger partial charge in [0.05, 0.1) is 6.04 Å². The summed E-state index contributed by atoms with van der Waals surface area (Å²) in [6.45, 7) is 6.85. The van der Waals surface area contributed by atoms with E-state index in [1.165, 1.54) is 0 Å². The molecule has 64 valence electrons. The Hall–Kier alpha value is -0.730. The zero-order valence-corrected chi connectivity index (χ0v) is 7.55. The SMILES string of the molecule is CN1C(=O)OC[C@@H]1C(C)(C)C. The third kappa shape index (κ3) is 1.47. The van der Waals surface area contributed by atoms with Gasteiger partial charge in [-0.15, -0.1) is 0 Å². The molecule has 0 aliphatic carbocycles. The molecule has 1 amide bonds. The van der Waals surface area contributed by atoms with Gasteiger partial charge in [0.25, 0.3) is 0 Å². The number of carbonyl (C=O) groups excluding carboxylic acids is 1. The topological polar surface area (TPSA) is 29.5 Å². The second kappa shape index (κ2) is 2.40. The second-order valence-corrected chi connectivity index (χ2v) is 4.07. The van der Waals surface area contributed by atoms with E-state index < -0.39 is 0 Å². The summed E-state index contributed by atoms with van der Waals surface area (Å²) in [4.78, 5) is 12.6. The first-order chi connectivity index (χ1) is 4.93. The molecule has 0 N–H and O–H groups in total. The number of hydrogen-bond acceptors (Lipinski definition) is 2. The van der Waals surface area contributed by atoms with Crippen molar-refractivity contribution >= 4 is 6.09 Å². The Morgan fingerprint density at radius 1 is 1.55 bits per heavy atom. The Kier molecular flexibility index (Phi) is 1.82. The number of likely N-dealkylation sites (N-methyl/N-ethyl adjacent to an activating group) is 1. The van der Waals surface area contributed by atoms with E-state index in [1.807, 2.05) is 0 Å². The first kappa shape index (κ1) is 8.37. The van der Waals surface area contributed by atoms with Crippen LogP contribution in [-0.2, 0) is 4.74 Å². The van der Waals surface area contributed by atoms with Crippen LogP contribution in [0, 0.1) is 5.41 Å². The standard InChI is InChI=1S/C8H15NO2/c1-8(2,3)6-5-11-7(10)9(6)4/h6H,5H2,1-4H3/t6-/m1/s1. The Morgan fingerprint density at radius 2 is 2.09 bits per heavy atom. The normalized spacial score (nSPS) is 25.6. The molecule has 1 heterocycles. The minimum Gasteiger partial charge on any atom is -0.447 e. The lowest BCUT2D eigenvalue weighted by molar-refractivity contribution is 0.161. The average Bonchev–Trinajstić information content (AvgIpc) is 2.11. The van der Waals surface area contributed by atoms with Gasteiger partial charge in [-0.3, -0.25) is 0 Å². The zero-order chi connectivity index (χ0) is 8.65. The molecular formula is C8H15NO2. The Labute approximate surface area is 67.3 Å². The van der Waals surface area contributed by atoms with E-state index >= 15 is 0 Å². The predicted octanol–water partition coefficient (Wildman–Crippen LogP) is 1.48. The molecule has 0 bridgehead atoms. The van der Waals surface area contributed by atoms with Crippen LogP contribution in [-0.4, -0.2) is 30.7 Å². The Bertz CT molecular complexity index is 171. The van der Waals surface area contributed by atoms with E-state index in [2.05, 4.69) is 20.8 Å². The lowest BCUT2D eigenvalue weighted by Crippen LogP contribution is -2.39. The van der Waals surface area contributed by atoms with Crippen molar-refractivity contribution in [3.63, 3.8) is 0 Å². The molecule has 1 rings (SSSR count). The molecule has 1 fully saturated rings. The van der Waals surface area contributed by atoms with Crippen molar-refractivity contribution in [2.45, 2.75) is 26.8 Å². The number of amides is 1. The van der Waals surface area contributed by atoms with Crippen LogP contribution in [0.15, 0.2) is 0 Å². The Morgan fingerprint density at radius 3 is 2.27 bits per heavy atom. The van der Waals surface area contributed by atoms with E-state index in [0.29, 0.717) is 6.61 Å². The van der Waals surface area contributed by atoms with E-state index in [-0.39, 0.29) is 17.6 Å². The summed E-state index contributed by atoms with van der Waals surface area (Å²) < 4.78 is 4.89. The summed E-state index contributed by atoms with van der Waals surface area (Å²) >= 11 is 0. The number of nitrogens with zero attached hydrogens (tertiary/aromatic N) is 1. The number of hydrogen-bond donors (Lipinski definition) is 0. The lowest BCUT2D eigenvalue weighted by Gasteiger charge is -2.29. The molecule has 1 saturated heterocycles. The Balaban J connectivity index is 2.70. The van der Waals surface area contributed by atoms with E-state index in [1.54, 1.807) is 11.9 Å². The number of ether oxygens (including phenoxy) is 1. The first-order valence-corrected chi connectivity index (χ1v) is 3.82. The van der Waals surface area contributed by atoms with Crippen molar-refractivity contribution in [2.75, 3.05) is 13.7 Å². The fourth-order valence-corrected chi connectivity index (χ4v) is 1.32. The lowest BCUT2D eigenvalue weighted by atomic mass is 9.87. The minimum absolute atomic E-state index is 0.112. The molecule has 0 unspecified atom stereocenters. The highest BCUT2D eigenvalue weighted by molar-refractivity contribution is 5.69. The molecule has 1 atom stereocenters. The molecule has 3 nitrogen and oxygen atoms in total. The van der Waals surface area contributed by atoms with E-state index in [9.17, 15) is 4.79 Å². The smallest absolute Gasteiger partial charge is 0.409 e. The van der Waals surface area contributed by atoms with Crippen LogP contribution in [0.3, 0.4) is 0 Å². The molecular weight excluding hydrogens is 142 g/mol. The third-order valence-corrected chi connectivity index (χ3v) is 2.12. The first-order valence-electron chi connectivity index (χ1n) is 3.82. The van der Waals surface area contributed by atoms with Gasteiger partial charge in [-0.05, 0) is 5.41 Å². The summed E-state index contributed by atoms with van der Waals surface area (Å²) in [6, 6.07) is 0.218. The summed E-state index contributed by atoms with van der Waals surface area (Å²) in [6.07, 6.45) is -0.204. The van der Waals surface area contributed by atoms with Crippen LogP contribution in [0.4, 0.5) is 4.79 Å². The fourth-order valence-electron chi connectivity index (χ4n) is 1.32. The summed E-state index contributed by atoms with van der Waals surface area (Å²) in [5.41, 5.74) is 0.112. The molecule has 1 aliphatic rings.